The quantitative estimate of drug-likeness (QED) is 0.418. The third-order valence-corrected chi connectivity index (χ3v) is 5.35. The Morgan fingerprint density at radius 3 is 2.75 bits per heavy atom. The minimum atomic E-state index is -0.315. The molecule has 2 aliphatic carbocycles. The zero-order valence-corrected chi connectivity index (χ0v) is 12.0. The predicted octanol–water partition coefficient (Wildman–Crippen LogP) is 3.40. The number of fused-ring (bicyclic) bond motifs is 1. The summed E-state index contributed by atoms with van der Waals surface area (Å²) in [5.74, 6) is -0.885. The van der Waals surface area contributed by atoms with E-state index in [9.17, 15) is 9.59 Å². The Morgan fingerprint density at radius 1 is 1.10 bits per heavy atom. The summed E-state index contributed by atoms with van der Waals surface area (Å²) in [6.07, 6.45) is 14.6. The normalized spacial score (nSPS) is 41.0. The summed E-state index contributed by atoms with van der Waals surface area (Å²) in [6, 6.07) is 0. The molecule has 0 spiro atoms. The van der Waals surface area contributed by atoms with Gasteiger partial charge in [0.15, 0.2) is 0 Å². The number of rotatable bonds is 1. The van der Waals surface area contributed by atoms with Gasteiger partial charge in [-0.3, -0.25) is 9.59 Å². The molecule has 20 heavy (non-hydrogen) atoms. The first-order valence-electron chi connectivity index (χ1n) is 7.67. The van der Waals surface area contributed by atoms with Crippen molar-refractivity contribution in [2.24, 2.45) is 23.2 Å². The molecule has 0 aromatic carbocycles. The van der Waals surface area contributed by atoms with Crippen molar-refractivity contribution in [1.29, 1.82) is 0 Å². The monoisotopic (exact) mass is 274 g/mol. The number of allylic oxidation sites excluding steroid dienone is 4. The van der Waals surface area contributed by atoms with Crippen LogP contribution in [-0.2, 0) is 14.3 Å². The van der Waals surface area contributed by atoms with Crippen molar-refractivity contribution in [2.45, 2.75) is 45.4 Å². The lowest BCUT2D eigenvalue weighted by molar-refractivity contribution is -0.154. The van der Waals surface area contributed by atoms with Crippen LogP contribution in [0.5, 0.6) is 0 Å². The van der Waals surface area contributed by atoms with Crippen LogP contribution in [-0.4, -0.2) is 11.9 Å². The van der Waals surface area contributed by atoms with Crippen molar-refractivity contribution >= 4 is 11.9 Å². The summed E-state index contributed by atoms with van der Waals surface area (Å²) in [5.41, 5.74) is 0.0915. The Hall–Kier alpha value is -1.38. The first kappa shape index (κ1) is 13.6. The second kappa shape index (κ2) is 5.19. The van der Waals surface area contributed by atoms with Crippen LogP contribution in [0.2, 0.25) is 0 Å². The summed E-state index contributed by atoms with van der Waals surface area (Å²) in [5, 5.41) is 0. The molecule has 3 aliphatic rings. The van der Waals surface area contributed by atoms with E-state index in [1.807, 2.05) is 6.08 Å². The zero-order chi connectivity index (χ0) is 14.2. The Balaban J connectivity index is 1.93. The third kappa shape index (κ3) is 2.23. The Morgan fingerprint density at radius 2 is 1.90 bits per heavy atom. The molecule has 3 heteroatoms. The van der Waals surface area contributed by atoms with Crippen molar-refractivity contribution < 1.29 is 14.3 Å². The number of carbonyl (C=O) groups excluding carboxylic acids is 2. The molecule has 0 saturated carbocycles. The molecule has 4 unspecified atom stereocenters. The number of hydrogen-bond acceptors (Lipinski definition) is 3. The molecule has 1 saturated heterocycles. The number of cyclic esters (lactones) is 2. The summed E-state index contributed by atoms with van der Waals surface area (Å²) < 4.78 is 4.93. The van der Waals surface area contributed by atoms with Gasteiger partial charge in [0, 0.05) is 0 Å². The maximum Gasteiger partial charge on any atom is 0.317 e. The van der Waals surface area contributed by atoms with Gasteiger partial charge in [0.2, 0.25) is 0 Å². The van der Waals surface area contributed by atoms with Crippen LogP contribution in [0.15, 0.2) is 24.3 Å². The molecule has 1 fully saturated rings. The van der Waals surface area contributed by atoms with Crippen LogP contribution in [0.1, 0.15) is 45.4 Å². The lowest BCUT2D eigenvalue weighted by atomic mass is 9.63. The minimum absolute atomic E-state index is 0.0915. The second-order valence-electron chi connectivity index (χ2n) is 6.64. The molecule has 0 bridgehead atoms. The highest BCUT2D eigenvalue weighted by Gasteiger charge is 2.52. The molecule has 0 aromatic rings. The molecular formula is C17H22O3. The first-order chi connectivity index (χ1) is 9.62. The van der Waals surface area contributed by atoms with E-state index in [0.29, 0.717) is 6.42 Å². The largest absolute Gasteiger partial charge is 0.393 e. The standard InChI is InChI=1S/C17H22O3/c1-17(10-6-2-3-7-11-17)13-9-5-4-8-12-14(13)16(19)20-15(12)18/h2,4-6,12-14H,3,7-11H2,1H3. The van der Waals surface area contributed by atoms with E-state index in [-0.39, 0.29) is 35.1 Å². The summed E-state index contributed by atoms with van der Waals surface area (Å²) >= 11 is 0. The summed E-state index contributed by atoms with van der Waals surface area (Å²) in [6.45, 7) is 2.28. The molecule has 0 amide bonds. The molecule has 0 N–H and O–H groups in total. The Bertz CT molecular complexity index is 477. The van der Waals surface area contributed by atoms with E-state index in [2.05, 4.69) is 25.2 Å². The van der Waals surface area contributed by atoms with Gasteiger partial charge in [-0.2, -0.15) is 0 Å². The van der Waals surface area contributed by atoms with Crippen LogP contribution in [0.4, 0.5) is 0 Å². The molecule has 1 aliphatic heterocycles. The number of esters is 2. The van der Waals surface area contributed by atoms with Gasteiger partial charge >= 0.3 is 11.9 Å². The highest BCUT2D eigenvalue weighted by atomic mass is 16.6. The van der Waals surface area contributed by atoms with E-state index in [4.69, 9.17) is 4.74 Å². The number of ether oxygens (including phenoxy) is 1. The van der Waals surface area contributed by atoms with E-state index in [1.165, 1.54) is 0 Å². The van der Waals surface area contributed by atoms with Crippen LogP contribution >= 0.6 is 0 Å². The zero-order valence-electron chi connectivity index (χ0n) is 12.0. The minimum Gasteiger partial charge on any atom is -0.393 e. The second-order valence-corrected chi connectivity index (χ2v) is 6.64. The fraction of sp³-hybridized carbons (Fsp3) is 0.647. The number of hydrogen-bond donors (Lipinski definition) is 0. The number of carbonyl (C=O) groups is 2. The van der Waals surface area contributed by atoms with Gasteiger partial charge in [-0.25, -0.2) is 0 Å². The summed E-state index contributed by atoms with van der Waals surface area (Å²) in [4.78, 5) is 24.0. The van der Waals surface area contributed by atoms with E-state index < -0.39 is 0 Å². The van der Waals surface area contributed by atoms with E-state index >= 15 is 0 Å². The Labute approximate surface area is 120 Å². The maximum atomic E-state index is 12.2. The predicted molar refractivity (Wildman–Crippen MR) is 75.7 cm³/mol. The highest BCUT2D eigenvalue weighted by Crippen LogP contribution is 2.50. The van der Waals surface area contributed by atoms with E-state index in [0.717, 1.165) is 32.1 Å². The van der Waals surface area contributed by atoms with Crippen molar-refractivity contribution in [2.75, 3.05) is 0 Å². The molecule has 108 valence electrons. The van der Waals surface area contributed by atoms with Crippen molar-refractivity contribution in [3.8, 4) is 0 Å². The van der Waals surface area contributed by atoms with Crippen LogP contribution in [0.25, 0.3) is 0 Å². The SMILES string of the molecule is CC1(C2CC=CCC3C(=O)OC(=O)C32)CC=CCCC1. The van der Waals surface area contributed by atoms with E-state index in [1.54, 1.807) is 0 Å². The lowest BCUT2D eigenvalue weighted by Crippen LogP contribution is -2.37. The fourth-order valence-electron chi connectivity index (χ4n) is 4.12. The summed E-state index contributed by atoms with van der Waals surface area (Å²) in [7, 11) is 0. The Kier molecular flexibility index (Phi) is 3.53. The third-order valence-electron chi connectivity index (χ3n) is 5.35. The van der Waals surface area contributed by atoms with Gasteiger partial charge in [0.05, 0.1) is 11.8 Å². The van der Waals surface area contributed by atoms with Crippen molar-refractivity contribution in [3.63, 3.8) is 0 Å². The topological polar surface area (TPSA) is 43.4 Å². The average Bonchev–Trinajstić information content (AvgIpc) is 2.66. The van der Waals surface area contributed by atoms with Crippen LogP contribution < -0.4 is 0 Å². The van der Waals surface area contributed by atoms with Crippen LogP contribution in [0, 0.1) is 23.2 Å². The van der Waals surface area contributed by atoms with Crippen molar-refractivity contribution in [3.05, 3.63) is 24.3 Å². The lowest BCUT2D eigenvalue weighted by Gasteiger charge is -2.39. The highest BCUT2D eigenvalue weighted by molar-refractivity contribution is 5.96. The molecule has 1 heterocycles. The molecule has 3 nitrogen and oxygen atoms in total. The fourth-order valence-corrected chi connectivity index (χ4v) is 4.12. The van der Waals surface area contributed by atoms with Crippen molar-refractivity contribution in [1.82, 2.24) is 0 Å². The molecule has 3 rings (SSSR count). The first-order valence-corrected chi connectivity index (χ1v) is 7.67. The van der Waals surface area contributed by atoms with Gasteiger partial charge in [0.1, 0.15) is 0 Å². The molecular weight excluding hydrogens is 252 g/mol. The molecule has 0 aromatic heterocycles. The van der Waals surface area contributed by atoms with Gasteiger partial charge in [-0.05, 0) is 49.9 Å². The van der Waals surface area contributed by atoms with Gasteiger partial charge in [0.25, 0.3) is 0 Å². The van der Waals surface area contributed by atoms with Gasteiger partial charge in [-0.15, -0.1) is 0 Å². The van der Waals surface area contributed by atoms with Crippen LogP contribution in [0.3, 0.4) is 0 Å². The van der Waals surface area contributed by atoms with Gasteiger partial charge in [-0.1, -0.05) is 31.2 Å². The maximum absolute atomic E-state index is 12.2. The average molecular weight is 274 g/mol. The van der Waals surface area contributed by atoms with Gasteiger partial charge < -0.3 is 4.74 Å². The smallest absolute Gasteiger partial charge is 0.317 e. The molecule has 0 radical (unpaired) electrons. The molecule has 4 atom stereocenters.